The lowest BCUT2D eigenvalue weighted by Crippen LogP contribution is -2.38. The van der Waals surface area contributed by atoms with Crippen molar-refractivity contribution in [2.75, 3.05) is 0 Å². The molecule has 0 spiro atoms. The van der Waals surface area contributed by atoms with Gasteiger partial charge in [-0.3, -0.25) is 0 Å². The molecule has 1 aliphatic carbocycles. The molecule has 0 radical (unpaired) electrons. The molecule has 2 heteroatoms. The molecule has 1 N–H and O–H groups in total. The molecule has 0 amide bonds. The maximum atomic E-state index is 3.75. The van der Waals surface area contributed by atoms with Gasteiger partial charge in [-0.2, -0.15) is 0 Å². The lowest BCUT2D eigenvalue weighted by Gasteiger charge is -2.24. The van der Waals surface area contributed by atoms with Crippen LogP contribution in [0.4, 0.5) is 0 Å². The molecule has 1 aromatic heterocycles. The fourth-order valence-corrected chi connectivity index (χ4v) is 3.82. The van der Waals surface area contributed by atoms with E-state index in [0.717, 1.165) is 6.54 Å². The maximum Gasteiger partial charge on any atom is 0.0346 e. The Hall–Kier alpha value is -1.12. The van der Waals surface area contributed by atoms with Crippen molar-refractivity contribution in [1.82, 2.24) is 5.32 Å². The van der Waals surface area contributed by atoms with Gasteiger partial charge in [0.1, 0.15) is 0 Å². The Morgan fingerprint density at radius 2 is 1.79 bits per heavy atom. The minimum atomic E-state index is 0.372. The van der Waals surface area contributed by atoms with Crippen LogP contribution in [0.25, 0.3) is 10.4 Å². The van der Waals surface area contributed by atoms with Gasteiger partial charge < -0.3 is 5.32 Å². The standard InChI is InChI=1S/C17H21NS/c1-17(11-5-6-12-17)18-13-15-9-10-16(19-15)14-7-3-2-4-8-14/h2-4,7-10,18H,5-6,11-13H2,1H3. The quantitative estimate of drug-likeness (QED) is 0.839. The molecule has 2 aromatic rings. The first kappa shape index (κ1) is 12.9. The third-order valence-electron chi connectivity index (χ3n) is 4.12. The molecule has 3 rings (SSSR count). The summed E-state index contributed by atoms with van der Waals surface area (Å²) < 4.78 is 0. The Kier molecular flexibility index (Phi) is 3.72. The fraction of sp³-hybridized carbons (Fsp3) is 0.412. The van der Waals surface area contributed by atoms with Gasteiger partial charge in [-0.25, -0.2) is 0 Å². The molecule has 0 bridgehead atoms. The number of benzene rings is 1. The van der Waals surface area contributed by atoms with Crippen LogP contribution in [0.5, 0.6) is 0 Å². The van der Waals surface area contributed by atoms with Crippen molar-refractivity contribution in [3.8, 4) is 10.4 Å². The zero-order chi connectivity index (χ0) is 13.1. The largest absolute Gasteiger partial charge is 0.307 e. The van der Waals surface area contributed by atoms with E-state index in [2.05, 4.69) is 54.7 Å². The molecule has 0 saturated heterocycles. The maximum absolute atomic E-state index is 3.75. The lowest BCUT2D eigenvalue weighted by atomic mass is 10.0. The predicted octanol–water partition coefficient (Wildman–Crippen LogP) is 4.84. The number of nitrogens with one attached hydrogen (secondary N) is 1. The summed E-state index contributed by atoms with van der Waals surface area (Å²) in [6.07, 6.45) is 5.40. The van der Waals surface area contributed by atoms with E-state index in [9.17, 15) is 0 Å². The smallest absolute Gasteiger partial charge is 0.0346 e. The number of hydrogen-bond donors (Lipinski definition) is 1. The van der Waals surface area contributed by atoms with Crippen LogP contribution in [0, 0.1) is 0 Å². The Labute approximate surface area is 119 Å². The molecule has 1 saturated carbocycles. The SMILES string of the molecule is CC1(NCc2ccc(-c3ccccc3)s2)CCCC1. The van der Waals surface area contributed by atoms with E-state index in [4.69, 9.17) is 0 Å². The van der Waals surface area contributed by atoms with E-state index in [1.165, 1.54) is 41.0 Å². The molecular weight excluding hydrogens is 250 g/mol. The van der Waals surface area contributed by atoms with Gasteiger partial charge >= 0.3 is 0 Å². The normalized spacial score (nSPS) is 17.7. The summed E-state index contributed by atoms with van der Waals surface area (Å²) in [6, 6.07) is 15.1. The van der Waals surface area contributed by atoms with Crippen LogP contribution >= 0.6 is 11.3 Å². The molecular formula is C17H21NS. The summed E-state index contributed by atoms with van der Waals surface area (Å²) in [5.74, 6) is 0. The third-order valence-corrected chi connectivity index (χ3v) is 5.25. The minimum absolute atomic E-state index is 0.372. The van der Waals surface area contributed by atoms with E-state index in [0.29, 0.717) is 5.54 Å². The second-order valence-corrected chi connectivity index (χ2v) is 6.92. The zero-order valence-corrected chi connectivity index (χ0v) is 12.3. The van der Waals surface area contributed by atoms with Gasteiger partial charge in [-0.05, 0) is 37.5 Å². The average molecular weight is 271 g/mol. The average Bonchev–Trinajstić information content (AvgIpc) is 3.07. The molecule has 0 aliphatic heterocycles. The van der Waals surface area contributed by atoms with Crippen LogP contribution in [0.15, 0.2) is 42.5 Å². The van der Waals surface area contributed by atoms with Gasteiger partial charge in [-0.15, -0.1) is 11.3 Å². The second-order valence-electron chi connectivity index (χ2n) is 5.75. The Bertz CT molecular complexity index is 523. The Morgan fingerprint density at radius 3 is 2.53 bits per heavy atom. The first-order valence-corrected chi connectivity index (χ1v) is 7.96. The molecule has 0 unspecified atom stereocenters. The molecule has 1 nitrogen and oxygen atoms in total. The highest BCUT2D eigenvalue weighted by Crippen LogP contribution is 2.31. The van der Waals surface area contributed by atoms with E-state index >= 15 is 0 Å². The number of hydrogen-bond acceptors (Lipinski definition) is 2. The van der Waals surface area contributed by atoms with Crippen LogP contribution in [-0.2, 0) is 6.54 Å². The summed E-state index contributed by atoms with van der Waals surface area (Å²) >= 11 is 1.91. The van der Waals surface area contributed by atoms with Gasteiger partial charge in [0.15, 0.2) is 0 Å². The van der Waals surface area contributed by atoms with Crippen LogP contribution in [0.3, 0.4) is 0 Å². The summed E-state index contributed by atoms with van der Waals surface area (Å²) in [5, 5.41) is 3.75. The second kappa shape index (κ2) is 5.48. The number of rotatable bonds is 4. The minimum Gasteiger partial charge on any atom is -0.307 e. The van der Waals surface area contributed by atoms with Crippen LogP contribution in [-0.4, -0.2) is 5.54 Å². The molecule has 1 fully saturated rings. The first-order chi connectivity index (χ1) is 9.25. The molecule has 1 aromatic carbocycles. The summed E-state index contributed by atoms with van der Waals surface area (Å²) in [5.41, 5.74) is 1.70. The fourth-order valence-electron chi connectivity index (χ4n) is 2.86. The third kappa shape index (κ3) is 3.07. The van der Waals surface area contributed by atoms with E-state index < -0.39 is 0 Å². The van der Waals surface area contributed by atoms with Crippen LogP contribution in [0.1, 0.15) is 37.5 Å². The monoisotopic (exact) mass is 271 g/mol. The molecule has 100 valence electrons. The van der Waals surface area contributed by atoms with Crippen LogP contribution in [0.2, 0.25) is 0 Å². The predicted molar refractivity (Wildman–Crippen MR) is 83.5 cm³/mol. The van der Waals surface area contributed by atoms with Gasteiger partial charge in [0.25, 0.3) is 0 Å². The van der Waals surface area contributed by atoms with Crippen molar-refractivity contribution in [3.63, 3.8) is 0 Å². The van der Waals surface area contributed by atoms with Crippen molar-refractivity contribution >= 4 is 11.3 Å². The van der Waals surface area contributed by atoms with Gasteiger partial charge in [-0.1, -0.05) is 43.2 Å². The summed E-state index contributed by atoms with van der Waals surface area (Å²) in [7, 11) is 0. The van der Waals surface area contributed by atoms with Gasteiger partial charge in [0.05, 0.1) is 0 Å². The highest BCUT2D eigenvalue weighted by atomic mass is 32.1. The van der Waals surface area contributed by atoms with Crippen molar-refractivity contribution in [2.24, 2.45) is 0 Å². The van der Waals surface area contributed by atoms with Crippen molar-refractivity contribution in [3.05, 3.63) is 47.3 Å². The number of thiophene rings is 1. The zero-order valence-electron chi connectivity index (χ0n) is 11.5. The van der Waals surface area contributed by atoms with Crippen molar-refractivity contribution < 1.29 is 0 Å². The molecule has 0 atom stereocenters. The van der Waals surface area contributed by atoms with E-state index in [-0.39, 0.29) is 0 Å². The highest BCUT2D eigenvalue weighted by molar-refractivity contribution is 7.15. The Morgan fingerprint density at radius 1 is 1.05 bits per heavy atom. The van der Waals surface area contributed by atoms with Crippen molar-refractivity contribution in [1.29, 1.82) is 0 Å². The Balaban J connectivity index is 1.65. The molecule has 1 aliphatic rings. The molecule has 19 heavy (non-hydrogen) atoms. The van der Waals surface area contributed by atoms with E-state index in [1.54, 1.807) is 0 Å². The summed E-state index contributed by atoms with van der Waals surface area (Å²) in [4.78, 5) is 2.81. The highest BCUT2D eigenvalue weighted by Gasteiger charge is 2.27. The molecule has 1 heterocycles. The first-order valence-electron chi connectivity index (χ1n) is 7.14. The lowest BCUT2D eigenvalue weighted by molar-refractivity contribution is 0.364. The van der Waals surface area contributed by atoms with Gasteiger partial charge in [0, 0.05) is 21.8 Å². The van der Waals surface area contributed by atoms with Crippen molar-refractivity contribution in [2.45, 2.75) is 44.7 Å². The van der Waals surface area contributed by atoms with Crippen LogP contribution < -0.4 is 5.32 Å². The van der Waals surface area contributed by atoms with E-state index in [1.807, 2.05) is 11.3 Å². The topological polar surface area (TPSA) is 12.0 Å². The van der Waals surface area contributed by atoms with Gasteiger partial charge in [0.2, 0.25) is 0 Å². The summed E-state index contributed by atoms with van der Waals surface area (Å²) in [6.45, 7) is 3.37.